The van der Waals surface area contributed by atoms with Crippen LogP contribution in [-0.2, 0) is 4.79 Å². The van der Waals surface area contributed by atoms with E-state index in [1.54, 1.807) is 0 Å². The third-order valence-electron chi connectivity index (χ3n) is 7.51. The maximum atomic E-state index is 12.3. The second kappa shape index (κ2) is 24.3. The third-order valence-corrected chi connectivity index (χ3v) is 7.51. The summed E-state index contributed by atoms with van der Waals surface area (Å²) in [6, 6.07) is 17.3. The largest absolute Gasteiger partial charge is 0.490 e. The summed E-state index contributed by atoms with van der Waals surface area (Å²) in [5.74, 6) is 1.71. The number of ether oxygens (including phenoxy) is 2. The minimum absolute atomic E-state index is 0.0944. The summed E-state index contributed by atoms with van der Waals surface area (Å²) < 4.78 is 11.4. The summed E-state index contributed by atoms with van der Waals surface area (Å²) >= 11 is 0. The molecule has 0 heterocycles. The van der Waals surface area contributed by atoms with Gasteiger partial charge in [-0.25, -0.2) is 0 Å². The predicted molar refractivity (Wildman–Crippen MR) is 171 cm³/mol. The maximum Gasteiger partial charge on any atom is 0.224 e. The topological polar surface area (TPSA) is 47.6 Å². The molecule has 0 spiro atoms. The maximum absolute atomic E-state index is 12.3. The van der Waals surface area contributed by atoms with E-state index in [0.29, 0.717) is 19.6 Å². The van der Waals surface area contributed by atoms with Gasteiger partial charge in [0.2, 0.25) is 5.91 Å². The average Bonchev–Trinajstić information content (AvgIpc) is 2.98. The number of anilines is 1. The van der Waals surface area contributed by atoms with Crippen LogP contribution >= 0.6 is 0 Å². The lowest BCUT2D eigenvalue weighted by atomic mass is 10.0. The number of carbonyl (C=O) groups is 1. The number of para-hydroxylation sites is 1. The molecule has 2 aromatic rings. The van der Waals surface area contributed by atoms with Crippen molar-refractivity contribution < 1.29 is 14.3 Å². The number of nitrogens with one attached hydrogen (secondary N) is 1. The van der Waals surface area contributed by atoms with Gasteiger partial charge >= 0.3 is 0 Å². The average molecular weight is 552 g/mol. The van der Waals surface area contributed by atoms with E-state index in [1.807, 2.05) is 54.6 Å². The van der Waals surface area contributed by atoms with Crippen molar-refractivity contribution in [1.82, 2.24) is 0 Å². The van der Waals surface area contributed by atoms with E-state index < -0.39 is 0 Å². The molecule has 1 amide bonds. The van der Waals surface area contributed by atoms with Gasteiger partial charge in [-0.05, 0) is 42.8 Å². The Bertz CT molecular complexity index is 837. The molecule has 0 aliphatic rings. The SMILES string of the molecule is CCCCCCCCCCCCCCCCCCCCCC(=O)Nc1ccc(OCCOc2ccccc2)cc1. The molecule has 0 aliphatic heterocycles. The van der Waals surface area contributed by atoms with E-state index in [9.17, 15) is 4.79 Å². The van der Waals surface area contributed by atoms with Crippen molar-refractivity contribution in [2.45, 2.75) is 135 Å². The molecule has 0 radical (unpaired) electrons. The smallest absolute Gasteiger partial charge is 0.224 e. The zero-order valence-corrected chi connectivity index (χ0v) is 25.5. The fourth-order valence-electron chi connectivity index (χ4n) is 5.06. The van der Waals surface area contributed by atoms with Gasteiger partial charge < -0.3 is 14.8 Å². The molecule has 0 aromatic heterocycles. The first kappa shape index (κ1) is 33.7. The van der Waals surface area contributed by atoms with Gasteiger partial charge in [0.15, 0.2) is 0 Å². The van der Waals surface area contributed by atoms with Crippen LogP contribution in [0.25, 0.3) is 0 Å². The van der Waals surface area contributed by atoms with Crippen molar-refractivity contribution in [3.8, 4) is 11.5 Å². The molecule has 2 aromatic carbocycles. The summed E-state index contributed by atoms with van der Waals surface area (Å²) in [7, 11) is 0. The van der Waals surface area contributed by atoms with Gasteiger partial charge in [-0.1, -0.05) is 141 Å². The first-order valence-corrected chi connectivity index (χ1v) is 16.5. The molecule has 224 valence electrons. The summed E-state index contributed by atoms with van der Waals surface area (Å²) in [6.45, 7) is 3.25. The van der Waals surface area contributed by atoms with Crippen LogP contribution in [0, 0.1) is 0 Å². The lowest BCUT2D eigenvalue weighted by molar-refractivity contribution is -0.116. The minimum atomic E-state index is 0.0944. The van der Waals surface area contributed by atoms with E-state index in [2.05, 4.69) is 12.2 Å². The van der Waals surface area contributed by atoms with Crippen LogP contribution in [0.2, 0.25) is 0 Å². The van der Waals surface area contributed by atoms with Crippen LogP contribution in [0.3, 0.4) is 0 Å². The molecule has 0 saturated heterocycles. The number of rotatable bonds is 26. The van der Waals surface area contributed by atoms with Crippen LogP contribution in [0.1, 0.15) is 135 Å². The van der Waals surface area contributed by atoms with Crippen molar-refractivity contribution in [2.24, 2.45) is 0 Å². The van der Waals surface area contributed by atoms with E-state index in [1.165, 1.54) is 109 Å². The molecule has 4 heteroatoms. The standard InChI is InChI=1S/C36H57NO3/c1-2-3-4-5-6-7-8-9-10-11-12-13-14-15-16-17-18-19-23-26-36(38)37-33-27-29-35(30-28-33)40-32-31-39-34-24-21-20-22-25-34/h20-22,24-25,27-30H,2-19,23,26,31-32H2,1H3,(H,37,38). The molecule has 0 atom stereocenters. The highest BCUT2D eigenvalue weighted by Crippen LogP contribution is 2.18. The van der Waals surface area contributed by atoms with Crippen LogP contribution in [0.4, 0.5) is 5.69 Å². The number of unbranched alkanes of at least 4 members (excludes halogenated alkanes) is 18. The molecule has 1 N–H and O–H groups in total. The van der Waals surface area contributed by atoms with E-state index in [4.69, 9.17) is 9.47 Å². The Morgan fingerprint density at radius 2 is 0.925 bits per heavy atom. The van der Waals surface area contributed by atoms with Gasteiger partial charge in [-0.15, -0.1) is 0 Å². The summed E-state index contributed by atoms with van der Waals surface area (Å²) in [4.78, 5) is 12.3. The van der Waals surface area contributed by atoms with Gasteiger partial charge in [-0.3, -0.25) is 4.79 Å². The fourth-order valence-corrected chi connectivity index (χ4v) is 5.06. The molecule has 0 saturated carbocycles. The van der Waals surface area contributed by atoms with Crippen molar-refractivity contribution in [2.75, 3.05) is 18.5 Å². The molecule has 40 heavy (non-hydrogen) atoms. The monoisotopic (exact) mass is 551 g/mol. The molecule has 4 nitrogen and oxygen atoms in total. The van der Waals surface area contributed by atoms with E-state index >= 15 is 0 Å². The third kappa shape index (κ3) is 18.7. The highest BCUT2D eigenvalue weighted by Gasteiger charge is 2.03. The number of hydrogen-bond acceptors (Lipinski definition) is 3. The molecular weight excluding hydrogens is 494 g/mol. The Kier molecular flexibility index (Phi) is 20.5. The Labute approximate surface area is 245 Å². The predicted octanol–water partition coefficient (Wildman–Crippen LogP) is 10.9. The van der Waals surface area contributed by atoms with Crippen molar-refractivity contribution >= 4 is 11.6 Å². The zero-order chi connectivity index (χ0) is 28.4. The van der Waals surface area contributed by atoms with Crippen molar-refractivity contribution in [3.05, 3.63) is 54.6 Å². The van der Waals surface area contributed by atoms with E-state index in [-0.39, 0.29) is 5.91 Å². The number of benzene rings is 2. The minimum Gasteiger partial charge on any atom is -0.490 e. The highest BCUT2D eigenvalue weighted by atomic mass is 16.5. The Hall–Kier alpha value is -2.49. The molecule has 0 unspecified atom stereocenters. The van der Waals surface area contributed by atoms with Gasteiger partial charge in [0, 0.05) is 12.1 Å². The van der Waals surface area contributed by atoms with Gasteiger partial charge in [-0.2, -0.15) is 0 Å². The lowest BCUT2D eigenvalue weighted by Gasteiger charge is -2.09. The fraction of sp³-hybridized carbons (Fsp3) is 0.639. The molecule has 0 aliphatic carbocycles. The number of carbonyl (C=O) groups excluding carboxylic acids is 1. The number of hydrogen-bond donors (Lipinski definition) is 1. The Balaban J connectivity index is 1.33. The molecule has 2 rings (SSSR count). The Morgan fingerprint density at radius 1 is 0.525 bits per heavy atom. The molecule has 0 fully saturated rings. The zero-order valence-electron chi connectivity index (χ0n) is 25.5. The highest BCUT2D eigenvalue weighted by molar-refractivity contribution is 5.90. The van der Waals surface area contributed by atoms with Crippen LogP contribution < -0.4 is 14.8 Å². The summed E-state index contributed by atoms with van der Waals surface area (Å²) in [5.41, 5.74) is 0.815. The van der Waals surface area contributed by atoms with Gasteiger partial charge in [0.25, 0.3) is 0 Å². The molecular formula is C36H57NO3. The van der Waals surface area contributed by atoms with Crippen molar-refractivity contribution in [3.63, 3.8) is 0 Å². The van der Waals surface area contributed by atoms with Gasteiger partial charge in [0.05, 0.1) is 0 Å². The lowest BCUT2D eigenvalue weighted by Crippen LogP contribution is -2.11. The van der Waals surface area contributed by atoms with Crippen LogP contribution in [0.15, 0.2) is 54.6 Å². The van der Waals surface area contributed by atoms with Crippen LogP contribution in [0.5, 0.6) is 11.5 Å². The Morgan fingerprint density at radius 3 is 1.38 bits per heavy atom. The normalized spacial score (nSPS) is 10.9. The second-order valence-corrected chi connectivity index (χ2v) is 11.2. The molecule has 0 bridgehead atoms. The van der Waals surface area contributed by atoms with Gasteiger partial charge in [0.1, 0.15) is 24.7 Å². The first-order valence-electron chi connectivity index (χ1n) is 16.5. The van der Waals surface area contributed by atoms with Crippen molar-refractivity contribution in [1.29, 1.82) is 0 Å². The quantitative estimate of drug-likeness (QED) is 0.118. The first-order chi connectivity index (χ1) is 19.8. The number of amides is 1. The summed E-state index contributed by atoms with van der Waals surface area (Å²) in [5, 5.41) is 3.00. The summed E-state index contributed by atoms with van der Waals surface area (Å²) in [6.07, 6.45) is 26.5. The van der Waals surface area contributed by atoms with Crippen LogP contribution in [-0.4, -0.2) is 19.1 Å². The second-order valence-electron chi connectivity index (χ2n) is 11.2. The van der Waals surface area contributed by atoms with E-state index in [0.717, 1.165) is 30.0 Å².